The van der Waals surface area contributed by atoms with E-state index in [1.165, 1.54) is 12.1 Å². The fourth-order valence-corrected chi connectivity index (χ4v) is 4.97. The average molecular weight is 540 g/mol. The fourth-order valence-electron chi connectivity index (χ4n) is 4.79. The molecule has 8 nitrogen and oxygen atoms in total. The van der Waals surface area contributed by atoms with Crippen LogP contribution in [-0.2, 0) is 14.4 Å². The third-order valence-electron chi connectivity index (χ3n) is 6.79. The summed E-state index contributed by atoms with van der Waals surface area (Å²) in [4.78, 5) is 37.5. The van der Waals surface area contributed by atoms with Gasteiger partial charge in [-0.2, -0.15) is 0 Å². The predicted molar refractivity (Wildman–Crippen MR) is 148 cm³/mol. The summed E-state index contributed by atoms with van der Waals surface area (Å²) < 4.78 is 13.8. The Morgan fingerprint density at radius 2 is 1.95 bits per heavy atom. The molecule has 0 bridgehead atoms. The summed E-state index contributed by atoms with van der Waals surface area (Å²) in [6.07, 6.45) is 4.28. The molecule has 2 aliphatic heterocycles. The number of amides is 3. The molecule has 0 aliphatic carbocycles. The van der Waals surface area contributed by atoms with Crippen LogP contribution in [0.5, 0.6) is 0 Å². The van der Waals surface area contributed by atoms with Gasteiger partial charge < -0.3 is 27.0 Å². The minimum absolute atomic E-state index is 0.129. The number of anilines is 3. The van der Waals surface area contributed by atoms with Crippen molar-refractivity contribution in [1.29, 1.82) is 0 Å². The van der Waals surface area contributed by atoms with E-state index in [1.807, 2.05) is 13.8 Å². The third-order valence-corrected chi connectivity index (χ3v) is 7.03. The highest BCUT2D eigenvalue weighted by Gasteiger charge is 2.34. The van der Waals surface area contributed by atoms with Crippen molar-refractivity contribution in [3.63, 3.8) is 0 Å². The molecule has 2 atom stereocenters. The summed E-state index contributed by atoms with van der Waals surface area (Å²) >= 11 is 5.88. The second-order valence-electron chi connectivity index (χ2n) is 9.57. The normalized spacial score (nSPS) is 19.3. The summed E-state index contributed by atoms with van der Waals surface area (Å²) in [6, 6.07) is 8.82. The quantitative estimate of drug-likeness (QED) is 0.181. The van der Waals surface area contributed by atoms with Crippen LogP contribution in [0.4, 0.5) is 21.5 Å². The Bertz CT molecular complexity index is 1340. The summed E-state index contributed by atoms with van der Waals surface area (Å²) in [5.41, 5.74) is 9.66. The van der Waals surface area contributed by atoms with Crippen LogP contribution >= 0.6 is 11.6 Å². The van der Waals surface area contributed by atoms with E-state index < -0.39 is 5.82 Å². The van der Waals surface area contributed by atoms with Crippen LogP contribution in [0.2, 0.25) is 5.02 Å². The number of hydrogen-bond acceptors (Lipinski definition) is 5. The first-order valence-corrected chi connectivity index (χ1v) is 13.0. The molecule has 0 spiro atoms. The lowest BCUT2D eigenvalue weighted by atomic mass is 9.93. The number of halogens is 2. The van der Waals surface area contributed by atoms with Gasteiger partial charge in [0.15, 0.2) is 0 Å². The van der Waals surface area contributed by atoms with E-state index in [9.17, 15) is 18.8 Å². The molecule has 2 aromatic rings. The number of nitrogens with one attached hydrogen (secondary N) is 4. The molecule has 10 heteroatoms. The van der Waals surface area contributed by atoms with Crippen molar-refractivity contribution >= 4 is 52.0 Å². The van der Waals surface area contributed by atoms with E-state index in [1.54, 1.807) is 30.3 Å². The van der Waals surface area contributed by atoms with Gasteiger partial charge in [-0.3, -0.25) is 14.4 Å². The van der Waals surface area contributed by atoms with Gasteiger partial charge in [0.1, 0.15) is 5.82 Å². The van der Waals surface area contributed by atoms with Gasteiger partial charge in [0, 0.05) is 52.0 Å². The third kappa shape index (κ3) is 6.16. The molecule has 2 aliphatic rings. The van der Waals surface area contributed by atoms with Crippen LogP contribution in [0.25, 0.3) is 5.57 Å². The Morgan fingerprint density at radius 3 is 2.71 bits per heavy atom. The molecule has 38 heavy (non-hydrogen) atoms. The van der Waals surface area contributed by atoms with Gasteiger partial charge in [-0.15, -0.1) is 0 Å². The van der Waals surface area contributed by atoms with Gasteiger partial charge in [0.05, 0.1) is 17.4 Å². The molecular formula is C28H31ClFN5O3. The van der Waals surface area contributed by atoms with Crippen molar-refractivity contribution < 1.29 is 18.8 Å². The standard InChI is InChI=1S/C28H31ClFN5O3/c1-15-24(14-20-19-13-18(30)8-10-22(19)35-27(20)37)33-16(2)26(15)28(38)32-11-5-3-4-6-25(36)34-23-9-7-17(29)12-21(23)31/h7-10,12-15,24,33H,3-6,11,31H2,1-2H3,(H,32,38)(H,34,36)(H,35,37)/b20-14-. The van der Waals surface area contributed by atoms with Crippen LogP contribution in [0.1, 0.15) is 45.1 Å². The maximum atomic E-state index is 13.8. The fraction of sp³-hybridized carbons (Fsp3) is 0.321. The molecule has 3 amide bonds. The Balaban J connectivity index is 1.22. The Kier molecular flexibility index (Phi) is 8.36. The first-order valence-electron chi connectivity index (χ1n) is 12.6. The molecule has 0 aromatic heterocycles. The lowest BCUT2D eigenvalue weighted by Gasteiger charge is -2.16. The number of hydrogen-bond donors (Lipinski definition) is 5. The van der Waals surface area contributed by atoms with Crippen molar-refractivity contribution in [1.82, 2.24) is 10.6 Å². The Morgan fingerprint density at radius 1 is 1.16 bits per heavy atom. The maximum Gasteiger partial charge on any atom is 0.256 e. The van der Waals surface area contributed by atoms with E-state index in [4.69, 9.17) is 17.3 Å². The highest BCUT2D eigenvalue weighted by atomic mass is 35.5. The van der Waals surface area contributed by atoms with Gasteiger partial charge >= 0.3 is 0 Å². The van der Waals surface area contributed by atoms with Crippen molar-refractivity contribution in [3.8, 4) is 0 Å². The predicted octanol–water partition coefficient (Wildman–Crippen LogP) is 4.59. The smallest absolute Gasteiger partial charge is 0.256 e. The number of nitrogen functional groups attached to an aromatic ring is 1. The SMILES string of the molecule is CC1=C(C(=O)NCCCCCC(=O)Nc2ccc(Cl)cc2N)C(C)C(/C=C2\C(=O)Nc3ccc(F)cc32)N1. The first kappa shape index (κ1) is 27.2. The second-order valence-corrected chi connectivity index (χ2v) is 10.0. The molecular weight excluding hydrogens is 509 g/mol. The van der Waals surface area contributed by atoms with Crippen molar-refractivity contribution in [2.75, 3.05) is 22.9 Å². The van der Waals surface area contributed by atoms with E-state index >= 15 is 0 Å². The minimum atomic E-state index is -0.417. The van der Waals surface area contributed by atoms with Crippen molar-refractivity contribution in [3.05, 3.63) is 70.1 Å². The number of fused-ring (bicyclic) bond motifs is 1. The Labute approximate surface area is 225 Å². The molecule has 0 saturated carbocycles. The zero-order chi connectivity index (χ0) is 27.4. The molecule has 0 radical (unpaired) electrons. The van der Waals surface area contributed by atoms with Crippen LogP contribution in [0.15, 0.2) is 53.7 Å². The number of carbonyl (C=O) groups is 3. The summed E-state index contributed by atoms with van der Waals surface area (Å²) in [6.45, 7) is 4.23. The zero-order valence-electron chi connectivity index (χ0n) is 21.3. The van der Waals surface area contributed by atoms with E-state index in [0.717, 1.165) is 18.5 Å². The van der Waals surface area contributed by atoms with Crippen LogP contribution in [0.3, 0.4) is 0 Å². The summed E-state index contributed by atoms with van der Waals surface area (Å²) in [5.74, 6) is -1.19. The number of rotatable bonds is 9. The number of benzene rings is 2. The molecule has 4 rings (SSSR count). The van der Waals surface area contributed by atoms with Gasteiger partial charge in [0.25, 0.3) is 5.91 Å². The molecule has 0 saturated heterocycles. The average Bonchev–Trinajstić information content (AvgIpc) is 3.32. The van der Waals surface area contributed by atoms with Gasteiger partial charge in [-0.05, 0) is 62.2 Å². The summed E-state index contributed by atoms with van der Waals surface area (Å²) in [5, 5.41) is 12.3. The number of unbranched alkanes of at least 4 members (excludes halogenated alkanes) is 2. The first-order chi connectivity index (χ1) is 18.1. The molecule has 6 N–H and O–H groups in total. The number of nitrogens with two attached hydrogens (primary N) is 1. The lowest BCUT2D eigenvalue weighted by molar-refractivity contribution is -0.118. The number of allylic oxidation sites excluding steroid dienone is 1. The second kappa shape index (κ2) is 11.7. The Hall–Kier alpha value is -3.85. The largest absolute Gasteiger partial charge is 0.397 e. The number of carbonyl (C=O) groups excluding carboxylic acids is 3. The molecule has 2 aromatic carbocycles. The molecule has 2 unspecified atom stereocenters. The highest BCUT2D eigenvalue weighted by molar-refractivity contribution is 6.31. The lowest BCUT2D eigenvalue weighted by Crippen LogP contribution is -2.30. The van der Waals surface area contributed by atoms with Crippen LogP contribution in [0, 0.1) is 11.7 Å². The minimum Gasteiger partial charge on any atom is -0.397 e. The highest BCUT2D eigenvalue weighted by Crippen LogP contribution is 2.35. The topological polar surface area (TPSA) is 125 Å². The van der Waals surface area contributed by atoms with E-state index in [0.29, 0.717) is 58.2 Å². The summed E-state index contributed by atoms with van der Waals surface area (Å²) in [7, 11) is 0. The van der Waals surface area contributed by atoms with Gasteiger partial charge in [-0.25, -0.2) is 4.39 Å². The maximum absolute atomic E-state index is 13.8. The zero-order valence-corrected chi connectivity index (χ0v) is 22.0. The monoisotopic (exact) mass is 539 g/mol. The van der Waals surface area contributed by atoms with Crippen LogP contribution < -0.4 is 27.0 Å². The van der Waals surface area contributed by atoms with Crippen LogP contribution in [-0.4, -0.2) is 30.3 Å². The van der Waals surface area contributed by atoms with Crippen molar-refractivity contribution in [2.24, 2.45) is 5.92 Å². The molecule has 2 heterocycles. The van der Waals surface area contributed by atoms with Gasteiger partial charge in [0.2, 0.25) is 11.8 Å². The van der Waals surface area contributed by atoms with Gasteiger partial charge in [-0.1, -0.05) is 24.9 Å². The van der Waals surface area contributed by atoms with E-state index in [2.05, 4.69) is 21.3 Å². The molecule has 0 fully saturated rings. The molecule has 200 valence electrons. The van der Waals surface area contributed by atoms with E-state index in [-0.39, 0.29) is 29.7 Å². The van der Waals surface area contributed by atoms with Crippen molar-refractivity contribution in [2.45, 2.75) is 45.6 Å².